The molecular formula is C9H11N3S. The lowest BCUT2D eigenvalue weighted by Gasteiger charge is -2.39. The molecule has 1 fully saturated rings. The number of nitrogens with two attached hydrogens (primary N) is 1. The van der Waals surface area contributed by atoms with Gasteiger partial charge in [-0.1, -0.05) is 6.92 Å². The van der Waals surface area contributed by atoms with Crippen LogP contribution in [0.3, 0.4) is 0 Å². The first-order valence-corrected chi connectivity index (χ1v) is 5.03. The molecule has 0 unspecified atom stereocenters. The molecule has 0 radical (unpaired) electrons. The molecule has 13 heavy (non-hydrogen) atoms. The Morgan fingerprint density at radius 2 is 2.38 bits per heavy atom. The van der Waals surface area contributed by atoms with Gasteiger partial charge in [0, 0.05) is 18.5 Å². The summed E-state index contributed by atoms with van der Waals surface area (Å²) in [6.07, 6.45) is 0. The molecule has 0 aliphatic carbocycles. The van der Waals surface area contributed by atoms with E-state index in [9.17, 15) is 0 Å². The molecule has 1 aliphatic rings. The van der Waals surface area contributed by atoms with E-state index in [0.717, 1.165) is 18.7 Å². The average molecular weight is 193 g/mol. The minimum absolute atomic E-state index is 0.124. The fourth-order valence-electron chi connectivity index (χ4n) is 1.62. The highest BCUT2D eigenvalue weighted by Gasteiger charge is 2.36. The third-order valence-corrected chi connectivity index (χ3v) is 3.42. The van der Waals surface area contributed by atoms with Crippen LogP contribution >= 0.6 is 11.3 Å². The van der Waals surface area contributed by atoms with E-state index in [2.05, 4.69) is 18.3 Å². The molecule has 0 aromatic carbocycles. The predicted molar refractivity (Wildman–Crippen MR) is 53.7 cm³/mol. The summed E-state index contributed by atoms with van der Waals surface area (Å²) in [5, 5.41) is 14.8. The lowest BCUT2D eigenvalue weighted by molar-refractivity contribution is 0.306. The fraction of sp³-hybridized carbons (Fsp3) is 0.444. The third-order valence-electron chi connectivity index (χ3n) is 2.61. The highest BCUT2D eigenvalue weighted by molar-refractivity contribution is 7.14. The molecular weight excluding hydrogens is 182 g/mol. The highest BCUT2D eigenvalue weighted by atomic mass is 32.1. The Labute approximate surface area is 81.2 Å². The number of hydrogen-bond acceptors (Lipinski definition) is 4. The molecule has 1 aromatic rings. The monoisotopic (exact) mass is 193 g/mol. The summed E-state index contributed by atoms with van der Waals surface area (Å²) in [6, 6.07) is 2.18. The van der Waals surface area contributed by atoms with Crippen molar-refractivity contribution < 1.29 is 0 Å². The molecule has 3 N–H and O–H groups in total. The molecule has 0 spiro atoms. The molecule has 68 valence electrons. The molecule has 2 rings (SSSR count). The molecule has 1 aromatic heterocycles. The van der Waals surface area contributed by atoms with Crippen molar-refractivity contribution in [1.82, 2.24) is 5.32 Å². The second-order valence-electron chi connectivity index (χ2n) is 3.66. The van der Waals surface area contributed by atoms with E-state index in [-0.39, 0.29) is 5.41 Å². The quantitative estimate of drug-likeness (QED) is 0.701. The van der Waals surface area contributed by atoms with Gasteiger partial charge in [0.15, 0.2) is 0 Å². The topological polar surface area (TPSA) is 61.8 Å². The summed E-state index contributed by atoms with van der Waals surface area (Å²) in [5.74, 6) is 0. The Kier molecular flexibility index (Phi) is 1.79. The lowest BCUT2D eigenvalue weighted by atomic mass is 9.77. The van der Waals surface area contributed by atoms with Gasteiger partial charge in [0.1, 0.15) is 11.1 Å². The Morgan fingerprint density at radius 3 is 2.85 bits per heavy atom. The first-order chi connectivity index (χ1) is 6.17. The van der Waals surface area contributed by atoms with Gasteiger partial charge in [-0.2, -0.15) is 5.26 Å². The van der Waals surface area contributed by atoms with Crippen LogP contribution in [0.1, 0.15) is 18.1 Å². The minimum atomic E-state index is 0.124. The van der Waals surface area contributed by atoms with Crippen molar-refractivity contribution in [2.24, 2.45) is 0 Å². The summed E-state index contributed by atoms with van der Waals surface area (Å²) in [5.41, 5.74) is 7.61. The number of nitrogen functional groups attached to an aromatic ring is 1. The van der Waals surface area contributed by atoms with E-state index in [1.807, 2.05) is 5.38 Å². The van der Waals surface area contributed by atoms with E-state index < -0.39 is 0 Å². The SMILES string of the molecule is CC1(c2csc(N)c2C#N)CNC1. The molecule has 0 amide bonds. The third kappa shape index (κ3) is 1.12. The van der Waals surface area contributed by atoms with E-state index in [0.29, 0.717) is 10.6 Å². The number of nitrogens with zero attached hydrogens (tertiary/aromatic N) is 1. The number of nitriles is 1. The number of nitrogens with one attached hydrogen (secondary N) is 1. The van der Waals surface area contributed by atoms with Crippen LogP contribution in [0.4, 0.5) is 5.00 Å². The standard InChI is InChI=1S/C9H11N3S/c1-9(4-12-5-9)7-3-13-8(11)6(7)2-10/h3,12H,4-5,11H2,1H3. The summed E-state index contributed by atoms with van der Waals surface area (Å²) in [7, 11) is 0. The summed E-state index contributed by atoms with van der Waals surface area (Å²) in [6.45, 7) is 4.04. The Balaban J connectivity index is 2.46. The first-order valence-electron chi connectivity index (χ1n) is 4.15. The van der Waals surface area contributed by atoms with E-state index >= 15 is 0 Å². The van der Waals surface area contributed by atoms with Crippen molar-refractivity contribution in [2.75, 3.05) is 18.8 Å². The molecule has 2 heterocycles. The van der Waals surface area contributed by atoms with E-state index in [4.69, 9.17) is 11.0 Å². The minimum Gasteiger partial charge on any atom is -0.389 e. The van der Waals surface area contributed by atoms with Gasteiger partial charge >= 0.3 is 0 Å². The fourth-order valence-corrected chi connectivity index (χ4v) is 2.54. The molecule has 1 aliphatic heterocycles. The van der Waals surface area contributed by atoms with Gasteiger partial charge in [-0.25, -0.2) is 0 Å². The number of rotatable bonds is 1. The van der Waals surface area contributed by atoms with Crippen molar-refractivity contribution in [2.45, 2.75) is 12.3 Å². The van der Waals surface area contributed by atoms with Gasteiger partial charge in [0.05, 0.1) is 5.56 Å². The van der Waals surface area contributed by atoms with Crippen molar-refractivity contribution in [1.29, 1.82) is 5.26 Å². The van der Waals surface area contributed by atoms with Gasteiger partial charge in [0.2, 0.25) is 0 Å². The van der Waals surface area contributed by atoms with Crippen LogP contribution in [0.15, 0.2) is 5.38 Å². The van der Waals surface area contributed by atoms with E-state index in [1.165, 1.54) is 11.3 Å². The van der Waals surface area contributed by atoms with Crippen LogP contribution in [0, 0.1) is 11.3 Å². The highest BCUT2D eigenvalue weighted by Crippen LogP contribution is 2.36. The lowest BCUT2D eigenvalue weighted by Crippen LogP contribution is -2.54. The Bertz CT molecular complexity index is 371. The zero-order valence-corrected chi connectivity index (χ0v) is 8.24. The van der Waals surface area contributed by atoms with Crippen molar-refractivity contribution >= 4 is 16.3 Å². The summed E-state index contributed by atoms with van der Waals surface area (Å²) >= 11 is 1.46. The molecule has 1 saturated heterocycles. The zero-order valence-electron chi connectivity index (χ0n) is 7.42. The first kappa shape index (κ1) is 8.54. The number of hydrogen-bond donors (Lipinski definition) is 2. The van der Waals surface area contributed by atoms with Gasteiger partial charge in [-0.05, 0) is 10.9 Å². The zero-order chi connectivity index (χ0) is 9.47. The maximum Gasteiger partial charge on any atom is 0.104 e. The Hall–Kier alpha value is -1.05. The van der Waals surface area contributed by atoms with Gasteiger partial charge in [-0.15, -0.1) is 11.3 Å². The molecule has 0 bridgehead atoms. The maximum absolute atomic E-state index is 8.93. The van der Waals surface area contributed by atoms with Crippen LogP contribution < -0.4 is 11.1 Å². The van der Waals surface area contributed by atoms with E-state index in [1.54, 1.807) is 0 Å². The molecule has 4 heteroatoms. The number of thiophene rings is 1. The smallest absolute Gasteiger partial charge is 0.104 e. The average Bonchev–Trinajstić information content (AvgIpc) is 2.42. The summed E-state index contributed by atoms with van der Waals surface area (Å²) in [4.78, 5) is 0. The number of anilines is 1. The van der Waals surface area contributed by atoms with Crippen LogP contribution in [0.2, 0.25) is 0 Å². The van der Waals surface area contributed by atoms with Gasteiger partial charge in [0.25, 0.3) is 0 Å². The van der Waals surface area contributed by atoms with Crippen molar-refractivity contribution in [3.63, 3.8) is 0 Å². The second-order valence-corrected chi connectivity index (χ2v) is 4.58. The largest absolute Gasteiger partial charge is 0.389 e. The van der Waals surface area contributed by atoms with Gasteiger partial charge < -0.3 is 11.1 Å². The van der Waals surface area contributed by atoms with Crippen LogP contribution in [-0.4, -0.2) is 13.1 Å². The van der Waals surface area contributed by atoms with Crippen molar-refractivity contribution in [3.8, 4) is 6.07 Å². The normalized spacial score (nSPS) is 19.1. The Morgan fingerprint density at radius 1 is 1.69 bits per heavy atom. The molecule has 3 nitrogen and oxygen atoms in total. The summed E-state index contributed by atoms with van der Waals surface area (Å²) < 4.78 is 0. The van der Waals surface area contributed by atoms with Gasteiger partial charge in [-0.3, -0.25) is 0 Å². The van der Waals surface area contributed by atoms with Crippen LogP contribution in [0.5, 0.6) is 0 Å². The predicted octanol–water partition coefficient (Wildman–Crippen LogP) is 1.06. The maximum atomic E-state index is 8.93. The van der Waals surface area contributed by atoms with Crippen molar-refractivity contribution in [3.05, 3.63) is 16.5 Å². The molecule has 0 saturated carbocycles. The van der Waals surface area contributed by atoms with Crippen LogP contribution in [0.25, 0.3) is 0 Å². The molecule has 0 atom stereocenters. The second kappa shape index (κ2) is 2.72. The van der Waals surface area contributed by atoms with Crippen LogP contribution in [-0.2, 0) is 5.41 Å².